The third-order valence-electron chi connectivity index (χ3n) is 8.78. The maximum atomic E-state index is 14.0. The van der Waals surface area contributed by atoms with Gasteiger partial charge in [-0.1, -0.05) is 78.9 Å². The number of hydrogen-bond donors (Lipinski definition) is 1. The van der Waals surface area contributed by atoms with Crippen LogP contribution in [-0.4, -0.2) is 56.1 Å². The van der Waals surface area contributed by atoms with E-state index in [2.05, 4.69) is 36.2 Å². The number of aromatic nitrogens is 2. The van der Waals surface area contributed by atoms with E-state index in [1.165, 1.54) is 5.56 Å². The lowest BCUT2D eigenvalue weighted by molar-refractivity contribution is -0.162. The van der Waals surface area contributed by atoms with Crippen molar-refractivity contribution in [1.29, 1.82) is 0 Å². The standard InChI is InChI=1S/C34H37N5O2/c1-25-30(26(2)39(36-25)29-16-10-5-11-17-29)24-37-20-18-34(19-21-37)33(41)35-31(22-27-12-6-3-7-13-27)32(40)38(34)23-28-14-8-4-9-15-28/h3-17,31H,18-24H2,1-2H3,(H,35,41). The summed E-state index contributed by atoms with van der Waals surface area (Å²) in [6.07, 6.45) is 1.68. The Bertz CT molecular complexity index is 1510. The van der Waals surface area contributed by atoms with Gasteiger partial charge in [0.2, 0.25) is 11.8 Å². The fourth-order valence-electron chi connectivity index (χ4n) is 6.39. The molecule has 1 aromatic heterocycles. The van der Waals surface area contributed by atoms with E-state index in [1.54, 1.807) is 0 Å². The van der Waals surface area contributed by atoms with Crippen molar-refractivity contribution in [1.82, 2.24) is 24.9 Å². The quantitative estimate of drug-likeness (QED) is 0.367. The minimum Gasteiger partial charge on any atom is -0.342 e. The molecule has 1 unspecified atom stereocenters. The van der Waals surface area contributed by atoms with Crippen LogP contribution in [0.2, 0.25) is 0 Å². The van der Waals surface area contributed by atoms with E-state index < -0.39 is 11.6 Å². The Morgan fingerprint density at radius 2 is 1.39 bits per heavy atom. The zero-order chi connectivity index (χ0) is 28.4. The van der Waals surface area contributed by atoms with Crippen LogP contribution in [0.4, 0.5) is 0 Å². The first-order valence-electron chi connectivity index (χ1n) is 14.5. The molecular weight excluding hydrogens is 510 g/mol. The Kier molecular flexibility index (Phi) is 7.45. The van der Waals surface area contributed by atoms with Gasteiger partial charge < -0.3 is 10.2 Å². The lowest BCUT2D eigenvalue weighted by Crippen LogP contribution is -2.72. The molecule has 7 nitrogen and oxygen atoms in total. The van der Waals surface area contributed by atoms with Crippen molar-refractivity contribution in [2.24, 2.45) is 0 Å². The topological polar surface area (TPSA) is 70.5 Å². The first-order valence-corrected chi connectivity index (χ1v) is 14.5. The van der Waals surface area contributed by atoms with Crippen LogP contribution < -0.4 is 5.32 Å². The van der Waals surface area contributed by atoms with Gasteiger partial charge in [0, 0.05) is 43.9 Å². The molecule has 0 bridgehead atoms. The molecule has 2 amide bonds. The van der Waals surface area contributed by atoms with E-state index in [9.17, 15) is 9.59 Å². The summed E-state index contributed by atoms with van der Waals surface area (Å²) in [5.41, 5.74) is 5.65. The predicted octanol–water partition coefficient (Wildman–Crippen LogP) is 4.59. The van der Waals surface area contributed by atoms with Crippen LogP contribution in [0.15, 0.2) is 91.0 Å². The van der Waals surface area contributed by atoms with Crippen LogP contribution in [-0.2, 0) is 29.1 Å². The number of likely N-dealkylation sites (tertiary alicyclic amines) is 1. The van der Waals surface area contributed by atoms with Gasteiger partial charge in [-0.3, -0.25) is 14.5 Å². The number of carbonyl (C=O) groups is 2. The van der Waals surface area contributed by atoms with E-state index in [0.717, 1.165) is 47.8 Å². The van der Waals surface area contributed by atoms with Gasteiger partial charge in [0.15, 0.2) is 0 Å². The normalized spacial score (nSPS) is 19.0. The Morgan fingerprint density at radius 1 is 0.805 bits per heavy atom. The number of amides is 2. The number of piperazine rings is 1. The predicted molar refractivity (Wildman–Crippen MR) is 159 cm³/mol. The Morgan fingerprint density at radius 3 is 2.02 bits per heavy atom. The molecule has 0 saturated carbocycles. The number of nitrogens with zero attached hydrogens (tertiary/aromatic N) is 4. The lowest BCUT2D eigenvalue weighted by Gasteiger charge is -2.51. The van der Waals surface area contributed by atoms with Gasteiger partial charge in [-0.2, -0.15) is 5.10 Å². The lowest BCUT2D eigenvalue weighted by atomic mass is 9.80. The molecule has 2 aliphatic heterocycles. The molecule has 210 valence electrons. The smallest absolute Gasteiger partial charge is 0.246 e. The van der Waals surface area contributed by atoms with Crippen LogP contribution in [0.1, 0.15) is 40.9 Å². The third-order valence-corrected chi connectivity index (χ3v) is 8.78. The minimum absolute atomic E-state index is 0.00147. The number of benzene rings is 3. The van der Waals surface area contributed by atoms with Crippen molar-refractivity contribution >= 4 is 11.8 Å². The molecule has 3 heterocycles. The Labute approximate surface area is 241 Å². The molecule has 41 heavy (non-hydrogen) atoms. The molecule has 2 aliphatic rings. The first kappa shape index (κ1) is 27.0. The molecular formula is C34H37N5O2. The second kappa shape index (κ2) is 11.3. The summed E-state index contributed by atoms with van der Waals surface area (Å²) in [5, 5.41) is 7.96. The van der Waals surface area contributed by atoms with Crippen molar-refractivity contribution in [3.05, 3.63) is 119 Å². The van der Waals surface area contributed by atoms with Crippen LogP contribution in [0.3, 0.4) is 0 Å². The van der Waals surface area contributed by atoms with Gasteiger partial charge in [-0.15, -0.1) is 0 Å². The third kappa shape index (κ3) is 5.30. The zero-order valence-electron chi connectivity index (χ0n) is 23.8. The van der Waals surface area contributed by atoms with E-state index >= 15 is 0 Å². The summed E-state index contributed by atoms with van der Waals surface area (Å²) < 4.78 is 2.01. The van der Waals surface area contributed by atoms with Gasteiger partial charge in [-0.05, 0) is 49.9 Å². The monoisotopic (exact) mass is 547 g/mol. The maximum absolute atomic E-state index is 14.0. The highest BCUT2D eigenvalue weighted by Gasteiger charge is 2.53. The summed E-state index contributed by atoms with van der Waals surface area (Å²) in [6, 6.07) is 29.6. The molecule has 1 N–H and O–H groups in total. The van der Waals surface area contributed by atoms with Gasteiger partial charge in [0.1, 0.15) is 11.6 Å². The summed E-state index contributed by atoms with van der Waals surface area (Å²) in [7, 11) is 0. The summed E-state index contributed by atoms with van der Waals surface area (Å²) in [6.45, 7) is 6.84. The van der Waals surface area contributed by atoms with E-state index in [1.807, 2.05) is 88.4 Å². The SMILES string of the molecule is Cc1nn(-c2ccccc2)c(C)c1CN1CCC2(CC1)C(=O)NC(Cc1ccccc1)C(=O)N2Cc1ccccc1. The fraction of sp³-hybridized carbons (Fsp3) is 0.324. The molecule has 1 atom stereocenters. The molecule has 0 radical (unpaired) electrons. The highest BCUT2D eigenvalue weighted by molar-refractivity contribution is 6.00. The zero-order valence-corrected chi connectivity index (χ0v) is 23.8. The Balaban J connectivity index is 1.22. The largest absolute Gasteiger partial charge is 0.342 e. The van der Waals surface area contributed by atoms with E-state index in [0.29, 0.717) is 25.8 Å². The summed E-state index contributed by atoms with van der Waals surface area (Å²) >= 11 is 0. The molecule has 2 saturated heterocycles. The van der Waals surface area contributed by atoms with Gasteiger partial charge in [0.25, 0.3) is 0 Å². The van der Waals surface area contributed by atoms with Crippen LogP contribution in [0.25, 0.3) is 5.69 Å². The highest BCUT2D eigenvalue weighted by Crippen LogP contribution is 2.35. The van der Waals surface area contributed by atoms with Crippen molar-refractivity contribution in [3.8, 4) is 5.69 Å². The number of para-hydroxylation sites is 1. The molecule has 0 aliphatic carbocycles. The number of rotatable bonds is 7. The molecule has 7 heteroatoms. The molecule has 1 spiro atoms. The van der Waals surface area contributed by atoms with Crippen LogP contribution >= 0.6 is 0 Å². The van der Waals surface area contributed by atoms with Crippen LogP contribution in [0.5, 0.6) is 0 Å². The van der Waals surface area contributed by atoms with E-state index in [4.69, 9.17) is 5.10 Å². The van der Waals surface area contributed by atoms with Crippen molar-refractivity contribution in [2.45, 2.75) is 57.8 Å². The number of carbonyl (C=O) groups excluding carboxylic acids is 2. The van der Waals surface area contributed by atoms with Crippen molar-refractivity contribution in [2.75, 3.05) is 13.1 Å². The molecule has 4 aromatic rings. The summed E-state index contributed by atoms with van der Waals surface area (Å²) in [4.78, 5) is 32.2. The highest BCUT2D eigenvalue weighted by atomic mass is 16.2. The maximum Gasteiger partial charge on any atom is 0.246 e. The number of piperidine rings is 1. The number of aryl methyl sites for hydroxylation is 1. The van der Waals surface area contributed by atoms with Gasteiger partial charge in [-0.25, -0.2) is 4.68 Å². The van der Waals surface area contributed by atoms with E-state index in [-0.39, 0.29) is 11.8 Å². The molecule has 6 rings (SSSR count). The number of hydrogen-bond acceptors (Lipinski definition) is 4. The van der Waals surface area contributed by atoms with Crippen molar-refractivity contribution < 1.29 is 9.59 Å². The Hall–Kier alpha value is -4.23. The first-order chi connectivity index (χ1) is 19.9. The van der Waals surface area contributed by atoms with Crippen molar-refractivity contribution in [3.63, 3.8) is 0 Å². The molecule has 3 aromatic carbocycles. The minimum atomic E-state index is -0.852. The van der Waals surface area contributed by atoms with Gasteiger partial charge >= 0.3 is 0 Å². The summed E-state index contributed by atoms with van der Waals surface area (Å²) in [5.74, 6) is -0.0283. The molecule has 2 fully saturated rings. The fourth-order valence-corrected chi connectivity index (χ4v) is 6.39. The second-order valence-corrected chi connectivity index (χ2v) is 11.3. The van der Waals surface area contributed by atoms with Crippen LogP contribution in [0, 0.1) is 13.8 Å². The average Bonchev–Trinajstić information content (AvgIpc) is 3.29. The van der Waals surface area contributed by atoms with Gasteiger partial charge in [0.05, 0.1) is 11.4 Å². The average molecular weight is 548 g/mol. The number of nitrogens with one attached hydrogen (secondary N) is 1. The second-order valence-electron chi connectivity index (χ2n) is 11.3.